The van der Waals surface area contributed by atoms with Gasteiger partial charge in [-0.15, -0.1) is 0 Å². The van der Waals surface area contributed by atoms with Gasteiger partial charge in [-0.2, -0.15) is 9.36 Å². The number of oxazole rings is 1. The molecule has 0 aliphatic heterocycles. The van der Waals surface area contributed by atoms with E-state index in [9.17, 15) is 0 Å². The largest absolute Gasteiger partial charge is 0.441 e. The van der Waals surface area contributed by atoms with Crippen LogP contribution in [0.15, 0.2) is 16.2 Å². The van der Waals surface area contributed by atoms with Crippen molar-refractivity contribution in [1.82, 2.24) is 9.36 Å². The summed E-state index contributed by atoms with van der Waals surface area (Å²) in [4.78, 5) is 3.81. The highest BCUT2D eigenvalue weighted by atomic mass is 32.1. The van der Waals surface area contributed by atoms with E-state index in [4.69, 9.17) is 4.42 Å². The third-order valence-corrected chi connectivity index (χ3v) is 1.47. The van der Waals surface area contributed by atoms with Crippen LogP contribution in [0, 0.1) is 0 Å². The first-order valence-electron chi connectivity index (χ1n) is 2.10. The summed E-state index contributed by atoms with van der Waals surface area (Å²) < 4.78 is 8.81. The Bertz CT molecular complexity index is 235. The molecule has 0 saturated carbocycles. The quantitative estimate of drug-likeness (QED) is 0.533. The van der Waals surface area contributed by atoms with Gasteiger partial charge in [0.1, 0.15) is 0 Å². The fourth-order valence-electron chi connectivity index (χ4n) is 0.523. The van der Waals surface area contributed by atoms with E-state index in [-0.39, 0.29) is 0 Å². The lowest BCUT2D eigenvalue weighted by molar-refractivity contribution is 0.603. The summed E-state index contributed by atoms with van der Waals surface area (Å²) in [5.41, 5.74) is 1.48. The number of nitrogens with zero attached hydrogens (tertiary/aromatic N) is 2. The lowest BCUT2D eigenvalue weighted by atomic mass is 10.7. The van der Waals surface area contributed by atoms with Crippen LogP contribution >= 0.6 is 11.5 Å². The van der Waals surface area contributed by atoms with Crippen molar-refractivity contribution in [2.24, 2.45) is 0 Å². The van der Waals surface area contributed by atoms with Gasteiger partial charge >= 0.3 is 0 Å². The summed E-state index contributed by atoms with van der Waals surface area (Å²) in [5.74, 6) is 0. The monoisotopic (exact) mass is 126 g/mol. The Kier molecular flexibility index (Phi) is 0.648. The SMILES string of the molecule is c1nc2nscc2o1. The highest BCUT2D eigenvalue weighted by molar-refractivity contribution is 7.04. The van der Waals surface area contributed by atoms with Crippen molar-refractivity contribution >= 4 is 22.8 Å². The van der Waals surface area contributed by atoms with Crippen LogP contribution in [0.3, 0.4) is 0 Å². The van der Waals surface area contributed by atoms with Crippen LogP contribution in [0.2, 0.25) is 0 Å². The van der Waals surface area contributed by atoms with E-state index in [1.165, 1.54) is 17.9 Å². The molecule has 0 amide bonds. The maximum absolute atomic E-state index is 4.89. The topological polar surface area (TPSA) is 38.9 Å². The predicted molar refractivity (Wildman–Crippen MR) is 29.7 cm³/mol. The van der Waals surface area contributed by atoms with Gasteiger partial charge in [0.15, 0.2) is 12.0 Å². The molecule has 2 aromatic rings. The number of hydrogen-bond donors (Lipinski definition) is 0. The molecule has 0 aliphatic carbocycles. The van der Waals surface area contributed by atoms with Gasteiger partial charge in [0.25, 0.3) is 0 Å². The van der Waals surface area contributed by atoms with Gasteiger partial charge in [0, 0.05) is 0 Å². The first-order valence-corrected chi connectivity index (χ1v) is 2.94. The summed E-state index contributed by atoms with van der Waals surface area (Å²) in [6.45, 7) is 0. The summed E-state index contributed by atoms with van der Waals surface area (Å²) in [5, 5.41) is 1.82. The minimum Gasteiger partial charge on any atom is -0.441 e. The van der Waals surface area contributed by atoms with Crippen molar-refractivity contribution in [2.75, 3.05) is 0 Å². The fourth-order valence-corrected chi connectivity index (χ4v) is 1.07. The molecule has 0 aliphatic rings. The molecule has 2 heterocycles. The van der Waals surface area contributed by atoms with Crippen LogP contribution < -0.4 is 0 Å². The molecule has 4 heteroatoms. The Morgan fingerprint density at radius 3 is 3.50 bits per heavy atom. The van der Waals surface area contributed by atoms with Crippen molar-refractivity contribution in [3.8, 4) is 0 Å². The third kappa shape index (κ3) is 0.376. The van der Waals surface area contributed by atoms with Crippen LogP contribution in [-0.4, -0.2) is 9.36 Å². The van der Waals surface area contributed by atoms with Crippen molar-refractivity contribution in [3.05, 3.63) is 11.8 Å². The Morgan fingerprint density at radius 1 is 1.62 bits per heavy atom. The molecule has 0 fully saturated rings. The van der Waals surface area contributed by atoms with Crippen molar-refractivity contribution < 1.29 is 4.42 Å². The number of fused-ring (bicyclic) bond motifs is 1. The Hall–Kier alpha value is -0.900. The van der Waals surface area contributed by atoms with Gasteiger partial charge in [-0.25, -0.2) is 0 Å². The van der Waals surface area contributed by atoms with Crippen LogP contribution in [-0.2, 0) is 0 Å². The molecule has 0 radical (unpaired) electrons. The maximum atomic E-state index is 4.89. The molecule has 3 nitrogen and oxygen atoms in total. The smallest absolute Gasteiger partial charge is 0.211 e. The number of aromatic nitrogens is 2. The van der Waals surface area contributed by atoms with Gasteiger partial charge in [0.2, 0.25) is 5.65 Å². The van der Waals surface area contributed by atoms with E-state index in [1.54, 1.807) is 0 Å². The molecule has 0 atom stereocenters. The summed E-state index contributed by atoms with van der Waals surface area (Å²) >= 11 is 1.35. The zero-order valence-corrected chi connectivity index (χ0v) is 4.68. The number of hydrogen-bond acceptors (Lipinski definition) is 4. The second-order valence-electron chi connectivity index (χ2n) is 1.35. The van der Waals surface area contributed by atoms with E-state index in [2.05, 4.69) is 9.36 Å². The molecule has 0 aromatic carbocycles. The third-order valence-electron chi connectivity index (χ3n) is 0.874. The van der Waals surface area contributed by atoms with Crippen LogP contribution in [0.4, 0.5) is 0 Å². The van der Waals surface area contributed by atoms with Crippen molar-refractivity contribution in [2.45, 2.75) is 0 Å². The Morgan fingerprint density at radius 2 is 2.62 bits per heavy atom. The molecule has 0 N–H and O–H groups in total. The molecule has 8 heavy (non-hydrogen) atoms. The minimum atomic E-state index is 0.704. The Balaban J connectivity index is 3.06. The molecule has 0 spiro atoms. The van der Waals surface area contributed by atoms with Crippen LogP contribution in [0.25, 0.3) is 11.2 Å². The lowest BCUT2D eigenvalue weighted by Gasteiger charge is -1.60. The second kappa shape index (κ2) is 1.29. The van der Waals surface area contributed by atoms with E-state index in [0.717, 1.165) is 5.58 Å². The molecule has 0 unspecified atom stereocenters. The molecule has 40 valence electrons. The average molecular weight is 126 g/mol. The van der Waals surface area contributed by atoms with Crippen LogP contribution in [0.5, 0.6) is 0 Å². The molecule has 0 saturated heterocycles. The van der Waals surface area contributed by atoms with Gasteiger partial charge in [-0.3, -0.25) is 0 Å². The van der Waals surface area contributed by atoms with E-state index in [0.29, 0.717) is 5.65 Å². The fraction of sp³-hybridized carbons (Fsp3) is 0. The van der Waals surface area contributed by atoms with Crippen molar-refractivity contribution in [3.63, 3.8) is 0 Å². The minimum absolute atomic E-state index is 0.704. The van der Waals surface area contributed by atoms with E-state index >= 15 is 0 Å². The van der Waals surface area contributed by atoms with Gasteiger partial charge in [0.05, 0.1) is 5.38 Å². The standard InChI is InChI=1S/C4H2N2OS/c1-3-4(6-8-1)5-2-7-3/h1-2H. The van der Waals surface area contributed by atoms with Gasteiger partial charge in [-0.05, 0) is 11.5 Å². The first-order chi connectivity index (χ1) is 3.97. The molecular weight excluding hydrogens is 124 g/mol. The predicted octanol–water partition coefficient (Wildman–Crippen LogP) is 1.28. The average Bonchev–Trinajstić information content (AvgIpc) is 2.15. The van der Waals surface area contributed by atoms with Gasteiger partial charge < -0.3 is 4.42 Å². The summed E-state index contributed by atoms with van der Waals surface area (Å²) in [6, 6.07) is 0. The lowest BCUT2D eigenvalue weighted by Crippen LogP contribution is -1.56. The van der Waals surface area contributed by atoms with Crippen LogP contribution in [0.1, 0.15) is 0 Å². The zero-order valence-electron chi connectivity index (χ0n) is 3.87. The highest BCUT2D eigenvalue weighted by Crippen LogP contribution is 2.11. The maximum Gasteiger partial charge on any atom is 0.211 e. The Labute approximate surface area is 49.1 Å². The zero-order chi connectivity index (χ0) is 5.40. The number of rotatable bonds is 0. The van der Waals surface area contributed by atoms with E-state index in [1.807, 2.05) is 5.38 Å². The first kappa shape index (κ1) is 4.03. The second-order valence-corrected chi connectivity index (χ2v) is 1.98. The summed E-state index contributed by atoms with van der Waals surface area (Å²) in [7, 11) is 0. The van der Waals surface area contributed by atoms with Crippen molar-refractivity contribution in [1.29, 1.82) is 0 Å². The van der Waals surface area contributed by atoms with Gasteiger partial charge in [-0.1, -0.05) is 0 Å². The molecule has 2 aromatic heterocycles. The highest BCUT2D eigenvalue weighted by Gasteiger charge is 1.96. The van der Waals surface area contributed by atoms with E-state index < -0.39 is 0 Å². The molecular formula is C4H2N2OS. The summed E-state index contributed by atoms with van der Waals surface area (Å²) in [6.07, 6.45) is 1.39. The molecule has 2 rings (SSSR count). The molecule has 0 bridgehead atoms. The normalized spacial score (nSPS) is 10.5.